The number of ether oxygens (including phenoxy) is 1. The van der Waals surface area contributed by atoms with Crippen LogP contribution in [0, 0.1) is 5.92 Å². The molecular formula is C13H24N2O4. The topological polar surface area (TPSA) is 78.9 Å². The molecule has 0 aliphatic carbocycles. The first kappa shape index (κ1) is 15.9. The second-order valence-corrected chi connectivity index (χ2v) is 4.97. The Kier molecular flexibility index (Phi) is 7.43. The van der Waals surface area contributed by atoms with Crippen molar-refractivity contribution in [2.75, 3.05) is 39.9 Å². The maximum atomic E-state index is 12.0. The van der Waals surface area contributed by atoms with Gasteiger partial charge in [-0.2, -0.15) is 0 Å². The molecule has 1 atom stereocenters. The van der Waals surface area contributed by atoms with Crippen molar-refractivity contribution in [3.63, 3.8) is 0 Å². The quantitative estimate of drug-likeness (QED) is 0.622. The van der Waals surface area contributed by atoms with E-state index in [0.717, 1.165) is 32.4 Å². The summed E-state index contributed by atoms with van der Waals surface area (Å²) < 4.78 is 4.94. The van der Waals surface area contributed by atoms with Crippen molar-refractivity contribution in [2.24, 2.45) is 5.92 Å². The highest BCUT2D eigenvalue weighted by Crippen LogP contribution is 2.16. The summed E-state index contributed by atoms with van der Waals surface area (Å²) in [5, 5.41) is 11.5. The third-order valence-electron chi connectivity index (χ3n) is 3.32. The van der Waals surface area contributed by atoms with E-state index in [-0.39, 0.29) is 12.5 Å². The van der Waals surface area contributed by atoms with Gasteiger partial charge < -0.3 is 20.1 Å². The summed E-state index contributed by atoms with van der Waals surface area (Å²) in [6.07, 6.45) is 3.33. The lowest BCUT2D eigenvalue weighted by Crippen LogP contribution is -2.43. The van der Waals surface area contributed by atoms with Crippen LogP contribution in [0.3, 0.4) is 0 Å². The summed E-state index contributed by atoms with van der Waals surface area (Å²) in [6, 6.07) is 0. The Balaban J connectivity index is 2.24. The highest BCUT2D eigenvalue weighted by atomic mass is 16.5. The molecule has 1 fully saturated rings. The lowest BCUT2D eigenvalue weighted by Gasteiger charge is -2.33. The van der Waals surface area contributed by atoms with Crippen LogP contribution in [0.15, 0.2) is 0 Å². The molecule has 0 spiro atoms. The second-order valence-electron chi connectivity index (χ2n) is 4.97. The molecule has 1 rings (SSSR count). The number of likely N-dealkylation sites (tertiary alicyclic amines) is 1. The fraction of sp³-hybridized carbons (Fsp3) is 0.846. The van der Waals surface area contributed by atoms with Gasteiger partial charge in [-0.05, 0) is 25.2 Å². The van der Waals surface area contributed by atoms with Crippen molar-refractivity contribution >= 4 is 11.9 Å². The van der Waals surface area contributed by atoms with Gasteiger partial charge in [-0.15, -0.1) is 0 Å². The Hall–Kier alpha value is -1.14. The molecule has 1 saturated heterocycles. The van der Waals surface area contributed by atoms with Crippen molar-refractivity contribution in [3.05, 3.63) is 0 Å². The SMILES string of the molecule is COCCCC(=O)N1CCCC(CNCC(=O)O)C1. The van der Waals surface area contributed by atoms with Crippen molar-refractivity contribution in [2.45, 2.75) is 25.7 Å². The van der Waals surface area contributed by atoms with Crippen LogP contribution in [0.4, 0.5) is 0 Å². The number of nitrogens with zero attached hydrogens (tertiary/aromatic N) is 1. The number of carbonyl (C=O) groups is 2. The molecule has 110 valence electrons. The lowest BCUT2D eigenvalue weighted by atomic mass is 9.97. The normalized spacial score (nSPS) is 19.4. The molecule has 1 aliphatic rings. The zero-order chi connectivity index (χ0) is 14.1. The van der Waals surface area contributed by atoms with Gasteiger partial charge in [0.25, 0.3) is 0 Å². The Labute approximate surface area is 114 Å². The number of amides is 1. The molecule has 1 unspecified atom stereocenters. The average molecular weight is 272 g/mol. The Morgan fingerprint density at radius 2 is 2.26 bits per heavy atom. The van der Waals surface area contributed by atoms with E-state index in [1.165, 1.54) is 0 Å². The van der Waals surface area contributed by atoms with Crippen LogP contribution in [0.2, 0.25) is 0 Å². The Bertz CT molecular complexity index is 296. The molecule has 6 heteroatoms. The number of rotatable bonds is 8. The van der Waals surface area contributed by atoms with Crippen molar-refractivity contribution in [1.29, 1.82) is 0 Å². The number of hydrogen-bond acceptors (Lipinski definition) is 4. The number of methoxy groups -OCH3 is 1. The number of aliphatic carboxylic acids is 1. The third-order valence-corrected chi connectivity index (χ3v) is 3.32. The molecule has 2 N–H and O–H groups in total. The van der Waals surface area contributed by atoms with E-state index < -0.39 is 5.97 Å². The molecule has 6 nitrogen and oxygen atoms in total. The summed E-state index contributed by atoms with van der Waals surface area (Å²) in [5.74, 6) is -0.303. The zero-order valence-electron chi connectivity index (χ0n) is 11.6. The predicted molar refractivity (Wildman–Crippen MR) is 70.9 cm³/mol. The Morgan fingerprint density at radius 1 is 1.47 bits per heavy atom. The van der Waals surface area contributed by atoms with Gasteiger partial charge in [-0.25, -0.2) is 0 Å². The predicted octanol–water partition coefficient (Wildman–Crippen LogP) is 0.326. The standard InChI is InChI=1S/C13H24N2O4/c1-19-7-3-5-12(16)15-6-2-4-11(10-15)8-14-9-13(17)18/h11,14H,2-10H2,1H3,(H,17,18). The molecule has 0 aromatic rings. The molecule has 0 saturated carbocycles. The number of carboxylic acids is 1. The zero-order valence-corrected chi connectivity index (χ0v) is 11.6. The van der Waals surface area contributed by atoms with Crippen LogP contribution >= 0.6 is 0 Å². The van der Waals surface area contributed by atoms with Gasteiger partial charge in [0.15, 0.2) is 0 Å². The number of carboxylic acid groups (broad SMARTS) is 1. The molecule has 19 heavy (non-hydrogen) atoms. The van der Waals surface area contributed by atoms with E-state index in [4.69, 9.17) is 9.84 Å². The van der Waals surface area contributed by atoms with Gasteiger partial charge in [0.2, 0.25) is 5.91 Å². The number of carbonyl (C=O) groups excluding carboxylic acids is 1. The maximum Gasteiger partial charge on any atom is 0.317 e. The highest BCUT2D eigenvalue weighted by Gasteiger charge is 2.23. The Morgan fingerprint density at radius 3 is 2.95 bits per heavy atom. The number of hydrogen-bond donors (Lipinski definition) is 2. The smallest absolute Gasteiger partial charge is 0.317 e. The fourth-order valence-electron chi connectivity index (χ4n) is 2.37. The minimum Gasteiger partial charge on any atom is -0.480 e. The molecule has 1 amide bonds. The van der Waals surface area contributed by atoms with E-state index in [0.29, 0.717) is 25.5 Å². The van der Waals surface area contributed by atoms with Crippen molar-refractivity contribution in [1.82, 2.24) is 10.2 Å². The molecule has 1 heterocycles. The second kappa shape index (κ2) is 8.87. The van der Waals surface area contributed by atoms with Crippen LogP contribution in [-0.2, 0) is 14.3 Å². The van der Waals surface area contributed by atoms with Gasteiger partial charge in [0.1, 0.15) is 0 Å². The number of nitrogens with one attached hydrogen (secondary N) is 1. The van der Waals surface area contributed by atoms with Gasteiger partial charge >= 0.3 is 5.97 Å². The van der Waals surface area contributed by atoms with Gasteiger partial charge in [-0.1, -0.05) is 0 Å². The highest BCUT2D eigenvalue weighted by molar-refractivity contribution is 5.76. The first-order chi connectivity index (χ1) is 9.13. The molecular weight excluding hydrogens is 248 g/mol. The molecule has 1 aliphatic heterocycles. The monoisotopic (exact) mass is 272 g/mol. The molecule has 0 aromatic carbocycles. The molecule has 0 bridgehead atoms. The van der Waals surface area contributed by atoms with Gasteiger partial charge in [-0.3, -0.25) is 9.59 Å². The third kappa shape index (κ3) is 6.54. The van der Waals surface area contributed by atoms with Crippen LogP contribution in [0.5, 0.6) is 0 Å². The summed E-state index contributed by atoms with van der Waals surface area (Å²) >= 11 is 0. The minimum absolute atomic E-state index is 0.0156. The van der Waals surface area contributed by atoms with E-state index >= 15 is 0 Å². The maximum absolute atomic E-state index is 12.0. The summed E-state index contributed by atoms with van der Waals surface area (Å²) in [7, 11) is 1.63. The summed E-state index contributed by atoms with van der Waals surface area (Å²) in [6.45, 7) is 2.81. The summed E-state index contributed by atoms with van der Waals surface area (Å²) in [5.41, 5.74) is 0. The van der Waals surface area contributed by atoms with Crippen LogP contribution in [0.25, 0.3) is 0 Å². The lowest BCUT2D eigenvalue weighted by molar-refractivity contribution is -0.136. The van der Waals surface area contributed by atoms with Crippen LogP contribution in [0.1, 0.15) is 25.7 Å². The van der Waals surface area contributed by atoms with E-state index in [9.17, 15) is 9.59 Å². The first-order valence-corrected chi connectivity index (χ1v) is 6.82. The van der Waals surface area contributed by atoms with E-state index in [1.807, 2.05) is 4.90 Å². The minimum atomic E-state index is -0.844. The summed E-state index contributed by atoms with van der Waals surface area (Å²) in [4.78, 5) is 24.3. The average Bonchev–Trinajstić information content (AvgIpc) is 2.39. The fourth-order valence-corrected chi connectivity index (χ4v) is 2.37. The first-order valence-electron chi connectivity index (χ1n) is 6.82. The van der Waals surface area contributed by atoms with Crippen LogP contribution in [-0.4, -0.2) is 61.8 Å². The van der Waals surface area contributed by atoms with E-state index in [1.54, 1.807) is 7.11 Å². The van der Waals surface area contributed by atoms with Gasteiger partial charge in [0.05, 0.1) is 6.54 Å². The molecule has 0 aromatic heterocycles. The van der Waals surface area contributed by atoms with Crippen molar-refractivity contribution < 1.29 is 19.4 Å². The number of piperidine rings is 1. The van der Waals surface area contributed by atoms with Crippen molar-refractivity contribution in [3.8, 4) is 0 Å². The molecule has 0 radical (unpaired) electrons. The van der Waals surface area contributed by atoms with Gasteiger partial charge in [0, 0.05) is 39.8 Å². The van der Waals surface area contributed by atoms with E-state index in [2.05, 4.69) is 5.32 Å². The van der Waals surface area contributed by atoms with Crippen LogP contribution < -0.4 is 5.32 Å². The largest absolute Gasteiger partial charge is 0.480 e.